The van der Waals surface area contributed by atoms with E-state index in [-0.39, 0.29) is 66.7 Å². The lowest BCUT2D eigenvalue weighted by Gasteiger charge is -2.24. The summed E-state index contributed by atoms with van der Waals surface area (Å²) in [5, 5.41) is 10.6. The van der Waals surface area contributed by atoms with Crippen molar-refractivity contribution in [2.45, 2.75) is 43.7 Å². The molecule has 2 aliphatic rings. The Kier molecular flexibility index (Phi) is 8.92. The van der Waals surface area contributed by atoms with Gasteiger partial charge in [0.1, 0.15) is 35.4 Å². The topological polar surface area (TPSA) is 146 Å². The molecule has 0 aliphatic heterocycles. The van der Waals surface area contributed by atoms with Crippen molar-refractivity contribution >= 4 is 66.8 Å². The van der Waals surface area contributed by atoms with Crippen LogP contribution in [0.5, 0.6) is 0 Å². The van der Waals surface area contributed by atoms with Crippen molar-refractivity contribution in [2.75, 3.05) is 11.0 Å². The summed E-state index contributed by atoms with van der Waals surface area (Å²) in [5.41, 5.74) is -2.69. The third kappa shape index (κ3) is 6.34. The zero-order valence-electron chi connectivity index (χ0n) is 28.8. The van der Waals surface area contributed by atoms with Crippen molar-refractivity contribution in [1.29, 1.82) is 0 Å². The van der Waals surface area contributed by atoms with Crippen LogP contribution in [0.15, 0.2) is 53.3 Å². The van der Waals surface area contributed by atoms with Crippen LogP contribution in [0.4, 0.5) is 32.2 Å². The zero-order chi connectivity index (χ0) is 40.2. The zero-order valence-corrected chi connectivity index (χ0v) is 31.1. The number of anilines is 1. The molecule has 12 nitrogen and oxygen atoms in total. The summed E-state index contributed by atoms with van der Waals surface area (Å²) < 4.78 is 117. The number of hydrogen-bond donors (Lipinski definition) is 2. The summed E-state index contributed by atoms with van der Waals surface area (Å²) in [5.74, 6) is -9.06. The number of hydrogen-bond acceptors (Lipinski definition) is 7. The summed E-state index contributed by atoms with van der Waals surface area (Å²) in [4.78, 5) is 33.2. The van der Waals surface area contributed by atoms with Gasteiger partial charge in [0.05, 0.1) is 49.8 Å². The Balaban J connectivity index is 1.32. The van der Waals surface area contributed by atoms with E-state index in [9.17, 15) is 35.6 Å². The Bertz CT molecular complexity index is 2810. The molecule has 6 aromatic rings. The van der Waals surface area contributed by atoms with E-state index in [2.05, 4.69) is 25.2 Å². The summed E-state index contributed by atoms with van der Waals surface area (Å²) in [7, 11) is -2.45. The standard InChI is InChI=1S/C35H26Cl2F6N8O4S/c1-49-29-23(7-6-20(36)26(29)32(47-49)48-56(2,54)55)51-33(45-27-17(34(51)53)4-3-5-21(27)37)22(10-14-8-15(38)11-16(39)9-14)44-24(52)13-50-30-25(28(46-50)31(40)41)18-12-19(18)35(30,42)43/h3-9,11,18-19,22,31H,10,12-13H2,1-2H3,(H,44,52)(H,47,48)/t18-,19+,22-/m0/s1. The van der Waals surface area contributed by atoms with Crippen LogP contribution >= 0.6 is 23.2 Å². The number of aryl methyl sites for hydroxylation is 1. The van der Waals surface area contributed by atoms with E-state index >= 15 is 8.78 Å². The molecule has 0 bridgehead atoms. The maximum atomic E-state index is 15.4. The van der Waals surface area contributed by atoms with Crippen molar-refractivity contribution < 1.29 is 39.6 Å². The second kappa shape index (κ2) is 13.2. The highest BCUT2D eigenvalue weighted by molar-refractivity contribution is 7.92. The van der Waals surface area contributed by atoms with Crippen molar-refractivity contribution in [1.82, 2.24) is 34.4 Å². The molecule has 2 aliphatic carbocycles. The van der Waals surface area contributed by atoms with E-state index in [4.69, 9.17) is 23.2 Å². The molecule has 1 fully saturated rings. The minimum absolute atomic E-state index is 0.00194. The summed E-state index contributed by atoms with van der Waals surface area (Å²) in [6, 6.07) is 8.11. The predicted octanol–water partition coefficient (Wildman–Crippen LogP) is 6.67. The third-order valence-corrected chi connectivity index (χ3v) is 11.0. The van der Waals surface area contributed by atoms with Crippen molar-refractivity contribution in [3.05, 3.63) is 109 Å². The van der Waals surface area contributed by atoms with E-state index in [1.807, 2.05) is 0 Å². The Labute approximate surface area is 322 Å². The Morgan fingerprint density at radius 1 is 1.05 bits per heavy atom. The van der Waals surface area contributed by atoms with Crippen molar-refractivity contribution in [3.8, 4) is 5.69 Å². The van der Waals surface area contributed by atoms with Gasteiger partial charge in [-0.05, 0) is 54.3 Å². The molecule has 21 heteroatoms. The highest BCUT2D eigenvalue weighted by Crippen LogP contribution is 2.68. The molecule has 0 spiro atoms. The van der Waals surface area contributed by atoms with Gasteiger partial charge in [-0.1, -0.05) is 29.3 Å². The number of halogens is 8. The first-order valence-corrected chi connectivity index (χ1v) is 19.3. The third-order valence-electron chi connectivity index (χ3n) is 9.78. The van der Waals surface area contributed by atoms with E-state index < -0.39 is 87.7 Å². The number of para-hydroxylation sites is 1. The van der Waals surface area contributed by atoms with Gasteiger partial charge < -0.3 is 5.32 Å². The number of nitrogens with zero attached hydrogens (tertiary/aromatic N) is 6. The average molecular weight is 840 g/mol. The smallest absolute Gasteiger partial charge is 0.293 e. The molecule has 8 rings (SSSR count). The van der Waals surface area contributed by atoms with Crippen LogP contribution in [0.3, 0.4) is 0 Å². The van der Waals surface area contributed by atoms with E-state index in [0.717, 1.165) is 23.0 Å². The van der Waals surface area contributed by atoms with Gasteiger partial charge in [-0.2, -0.15) is 19.0 Å². The van der Waals surface area contributed by atoms with Crippen molar-refractivity contribution in [2.24, 2.45) is 13.0 Å². The van der Waals surface area contributed by atoms with Crippen LogP contribution in [0, 0.1) is 17.6 Å². The number of rotatable bonds is 10. The summed E-state index contributed by atoms with van der Waals surface area (Å²) in [6.07, 6.45) is -2.77. The summed E-state index contributed by atoms with van der Waals surface area (Å²) in [6.45, 7) is -0.982. The lowest BCUT2D eigenvalue weighted by molar-refractivity contribution is -0.123. The monoisotopic (exact) mass is 838 g/mol. The van der Waals surface area contributed by atoms with Gasteiger partial charge in [0.15, 0.2) is 5.82 Å². The number of amides is 1. The summed E-state index contributed by atoms with van der Waals surface area (Å²) >= 11 is 13.1. The number of fused-ring (bicyclic) bond motifs is 5. The van der Waals surface area contributed by atoms with Crippen LogP contribution in [0.2, 0.25) is 10.0 Å². The molecule has 1 amide bonds. The van der Waals surface area contributed by atoms with Gasteiger partial charge in [0.2, 0.25) is 15.9 Å². The largest absolute Gasteiger partial charge is 0.344 e. The first-order valence-electron chi connectivity index (χ1n) is 16.7. The van der Waals surface area contributed by atoms with Crippen LogP contribution in [-0.2, 0) is 40.8 Å². The van der Waals surface area contributed by atoms with Crippen molar-refractivity contribution in [3.63, 3.8) is 0 Å². The number of carbonyl (C=O) groups excluding carboxylic acids is 1. The van der Waals surface area contributed by atoms with E-state index in [0.29, 0.717) is 10.7 Å². The molecule has 1 saturated carbocycles. The predicted molar refractivity (Wildman–Crippen MR) is 193 cm³/mol. The Morgan fingerprint density at radius 3 is 2.45 bits per heavy atom. The molecule has 292 valence electrons. The Morgan fingerprint density at radius 2 is 1.77 bits per heavy atom. The van der Waals surface area contributed by atoms with E-state index in [1.54, 1.807) is 0 Å². The normalized spacial score (nSPS) is 17.7. The fourth-order valence-electron chi connectivity index (χ4n) is 7.57. The first-order chi connectivity index (χ1) is 26.3. The second-order valence-electron chi connectivity index (χ2n) is 13.7. The molecule has 0 radical (unpaired) electrons. The maximum absolute atomic E-state index is 15.4. The van der Waals surface area contributed by atoms with Gasteiger partial charge in [-0.15, -0.1) is 0 Å². The fraction of sp³-hybridized carbons (Fsp3) is 0.286. The molecule has 3 aromatic carbocycles. The Hall–Kier alpha value is -5.14. The molecule has 0 saturated heterocycles. The van der Waals surface area contributed by atoms with E-state index in [1.165, 1.54) is 42.1 Å². The van der Waals surface area contributed by atoms with Crippen LogP contribution in [-0.4, -0.2) is 49.7 Å². The number of alkyl halides is 4. The molecule has 0 unspecified atom stereocenters. The first kappa shape index (κ1) is 37.8. The lowest BCUT2D eigenvalue weighted by Crippen LogP contribution is -2.38. The molecule has 2 N–H and O–H groups in total. The minimum atomic E-state index is -3.89. The molecule has 56 heavy (non-hydrogen) atoms. The van der Waals surface area contributed by atoms with Crippen LogP contribution < -0.4 is 15.6 Å². The molecule has 3 aromatic heterocycles. The number of benzene rings is 3. The second-order valence-corrected chi connectivity index (χ2v) is 16.2. The van der Waals surface area contributed by atoms with Gasteiger partial charge in [0, 0.05) is 31.0 Å². The number of nitrogens with one attached hydrogen (secondary N) is 2. The number of aromatic nitrogens is 6. The highest BCUT2D eigenvalue weighted by Gasteiger charge is 2.67. The van der Waals surface area contributed by atoms with Crippen LogP contribution in [0.1, 0.15) is 53.1 Å². The minimum Gasteiger partial charge on any atom is -0.344 e. The maximum Gasteiger partial charge on any atom is 0.293 e. The van der Waals surface area contributed by atoms with Gasteiger partial charge in [-0.25, -0.2) is 31.0 Å². The average Bonchev–Trinajstić information content (AvgIpc) is 3.63. The molecular formula is C35H26Cl2F6N8O4S. The quantitative estimate of drug-likeness (QED) is 0.147. The SMILES string of the molecule is Cn1nc(NS(C)(=O)=O)c2c(Cl)ccc(-n3c([C@H](Cc4cc(F)cc(F)c4)NC(=O)Cn4nc(C(F)F)c5c4C(F)(F)[C@@H]4C[C@H]54)nc4c(Cl)cccc4c3=O)c21. The molecule has 3 heterocycles. The molecular weight excluding hydrogens is 813 g/mol. The van der Waals surface area contributed by atoms with Gasteiger partial charge in [0.25, 0.3) is 17.9 Å². The number of carbonyl (C=O) groups is 1. The lowest BCUT2D eigenvalue weighted by atomic mass is 10.0. The van der Waals surface area contributed by atoms with Crippen LogP contribution in [0.25, 0.3) is 27.5 Å². The fourth-order valence-corrected chi connectivity index (χ4v) is 8.52. The number of sulfonamides is 1. The highest BCUT2D eigenvalue weighted by atomic mass is 35.5. The molecule has 3 atom stereocenters. The van der Waals surface area contributed by atoms with Gasteiger partial charge >= 0.3 is 0 Å². The van der Waals surface area contributed by atoms with Gasteiger partial charge in [-0.3, -0.25) is 28.2 Å².